The summed E-state index contributed by atoms with van der Waals surface area (Å²) in [6.45, 7) is 5.70. The van der Waals surface area contributed by atoms with Gasteiger partial charge in [0.1, 0.15) is 5.01 Å². The molecule has 1 aliphatic heterocycles. The number of alkyl halides is 1. The van der Waals surface area contributed by atoms with Crippen LogP contribution in [0.25, 0.3) is 0 Å². The molecule has 7 heteroatoms. The summed E-state index contributed by atoms with van der Waals surface area (Å²) >= 11 is 7.25. The number of carbonyl (C=O) groups is 1. The van der Waals surface area contributed by atoms with Crippen molar-refractivity contribution in [3.63, 3.8) is 0 Å². The van der Waals surface area contributed by atoms with Gasteiger partial charge in [0.2, 0.25) is 5.91 Å². The lowest BCUT2D eigenvalue weighted by Crippen LogP contribution is -2.50. The van der Waals surface area contributed by atoms with E-state index < -0.39 is 0 Å². The fraction of sp³-hybridized carbons (Fsp3) is 0.714. The van der Waals surface area contributed by atoms with E-state index in [1.54, 1.807) is 0 Å². The van der Waals surface area contributed by atoms with Gasteiger partial charge in [-0.3, -0.25) is 9.69 Å². The van der Waals surface area contributed by atoms with Gasteiger partial charge >= 0.3 is 0 Å². The summed E-state index contributed by atoms with van der Waals surface area (Å²) in [6, 6.07) is 0. The summed E-state index contributed by atoms with van der Waals surface area (Å²) in [6.07, 6.45) is 0.402. The van der Waals surface area contributed by atoms with Gasteiger partial charge in [0.25, 0.3) is 0 Å². The minimum absolute atomic E-state index is 0.178. The van der Waals surface area contributed by atoms with Gasteiger partial charge < -0.3 is 9.80 Å². The lowest BCUT2D eigenvalue weighted by molar-refractivity contribution is -0.132. The lowest BCUT2D eigenvalue weighted by Gasteiger charge is -2.35. The first-order valence-electron chi connectivity index (χ1n) is 7.22. The van der Waals surface area contributed by atoms with Crippen molar-refractivity contribution in [2.45, 2.75) is 12.3 Å². The molecule has 0 spiro atoms. The topological polar surface area (TPSA) is 39.7 Å². The quantitative estimate of drug-likeness (QED) is 0.733. The maximum atomic E-state index is 12.3. The summed E-state index contributed by atoms with van der Waals surface area (Å²) in [5.41, 5.74) is 0.859. The number of aromatic nitrogens is 1. The number of piperazine rings is 1. The number of carbonyl (C=O) groups excluding carboxylic acids is 1. The van der Waals surface area contributed by atoms with Gasteiger partial charge in [-0.15, -0.1) is 22.9 Å². The number of nitrogens with zero attached hydrogens (tertiary/aromatic N) is 4. The summed E-state index contributed by atoms with van der Waals surface area (Å²) in [5.74, 6) is 0.590. The highest BCUT2D eigenvalue weighted by Crippen LogP contribution is 2.14. The van der Waals surface area contributed by atoms with Crippen LogP contribution in [0.4, 0.5) is 0 Å². The van der Waals surface area contributed by atoms with Crippen LogP contribution in [0.1, 0.15) is 10.7 Å². The molecule has 0 bridgehead atoms. The Bertz CT molecular complexity index is 458. The predicted octanol–water partition coefficient (Wildman–Crippen LogP) is 1.13. The number of hydrogen-bond donors (Lipinski definition) is 0. The highest BCUT2D eigenvalue weighted by Gasteiger charge is 2.21. The Morgan fingerprint density at radius 1 is 1.38 bits per heavy atom. The molecule has 0 atom stereocenters. The Balaban J connectivity index is 1.75. The zero-order chi connectivity index (χ0) is 15.2. The molecule has 0 radical (unpaired) electrons. The molecule has 21 heavy (non-hydrogen) atoms. The molecule has 1 saturated heterocycles. The van der Waals surface area contributed by atoms with Crippen LogP contribution in [0.2, 0.25) is 0 Å². The van der Waals surface area contributed by atoms with Gasteiger partial charge in [0, 0.05) is 44.6 Å². The summed E-state index contributed by atoms with van der Waals surface area (Å²) < 4.78 is 0. The number of thiazole rings is 1. The molecule has 0 saturated carbocycles. The highest BCUT2D eigenvalue weighted by molar-refractivity contribution is 7.09. The molecule has 1 amide bonds. The van der Waals surface area contributed by atoms with Crippen molar-refractivity contribution in [3.05, 3.63) is 16.1 Å². The van der Waals surface area contributed by atoms with Crippen molar-refractivity contribution in [2.75, 3.05) is 53.4 Å². The molecule has 1 aliphatic rings. The van der Waals surface area contributed by atoms with Gasteiger partial charge in [0.05, 0.1) is 18.0 Å². The van der Waals surface area contributed by atoms with Crippen molar-refractivity contribution in [1.29, 1.82) is 0 Å². The van der Waals surface area contributed by atoms with Crippen molar-refractivity contribution >= 4 is 28.8 Å². The minimum atomic E-state index is 0.178. The molecular weight excluding hydrogens is 308 g/mol. The van der Waals surface area contributed by atoms with Crippen LogP contribution in [0.3, 0.4) is 0 Å². The molecule has 1 fully saturated rings. The largest absolute Gasteiger partial charge is 0.340 e. The van der Waals surface area contributed by atoms with E-state index in [2.05, 4.69) is 28.9 Å². The molecule has 1 aromatic heterocycles. The molecule has 0 aliphatic carbocycles. The second kappa shape index (κ2) is 8.08. The van der Waals surface area contributed by atoms with Gasteiger partial charge in [-0.2, -0.15) is 0 Å². The molecule has 2 heterocycles. The second-order valence-corrected chi connectivity index (χ2v) is 6.78. The third-order valence-corrected chi connectivity index (χ3v) is 4.80. The first-order chi connectivity index (χ1) is 10.1. The molecule has 1 aromatic rings. The van der Waals surface area contributed by atoms with Crippen molar-refractivity contribution < 1.29 is 4.79 Å². The van der Waals surface area contributed by atoms with E-state index in [1.165, 1.54) is 11.3 Å². The second-order valence-electron chi connectivity index (χ2n) is 5.57. The summed E-state index contributed by atoms with van der Waals surface area (Å²) in [4.78, 5) is 23.2. The standard InChI is InChI=1S/C14H23ClN4OS/c1-17(2)3-4-18-5-7-19(8-6-18)14(20)9-13-16-12(10-15)11-21-13/h11H,3-10H2,1-2H3. The van der Waals surface area contributed by atoms with E-state index in [0.717, 1.165) is 50.0 Å². The maximum Gasteiger partial charge on any atom is 0.229 e. The average Bonchev–Trinajstić information content (AvgIpc) is 2.93. The van der Waals surface area contributed by atoms with E-state index in [-0.39, 0.29) is 5.91 Å². The smallest absolute Gasteiger partial charge is 0.229 e. The molecule has 2 rings (SSSR count). The number of hydrogen-bond acceptors (Lipinski definition) is 5. The minimum Gasteiger partial charge on any atom is -0.340 e. The zero-order valence-corrected chi connectivity index (χ0v) is 14.3. The number of rotatable bonds is 6. The Labute approximate surface area is 135 Å². The molecule has 0 aromatic carbocycles. The Kier molecular flexibility index (Phi) is 6.41. The number of halogens is 1. The van der Waals surface area contributed by atoms with Crippen molar-refractivity contribution in [1.82, 2.24) is 19.7 Å². The van der Waals surface area contributed by atoms with Crippen LogP contribution in [0.5, 0.6) is 0 Å². The van der Waals surface area contributed by atoms with Crippen LogP contribution in [-0.4, -0.2) is 79.0 Å². The Morgan fingerprint density at radius 3 is 2.67 bits per heavy atom. The monoisotopic (exact) mass is 330 g/mol. The highest BCUT2D eigenvalue weighted by atomic mass is 35.5. The Morgan fingerprint density at radius 2 is 2.10 bits per heavy atom. The van der Waals surface area contributed by atoms with E-state index in [9.17, 15) is 4.79 Å². The number of likely N-dealkylation sites (N-methyl/N-ethyl adjacent to an activating group) is 1. The van der Waals surface area contributed by atoms with E-state index in [1.807, 2.05) is 10.3 Å². The van der Waals surface area contributed by atoms with E-state index >= 15 is 0 Å². The lowest BCUT2D eigenvalue weighted by atomic mass is 10.2. The molecule has 5 nitrogen and oxygen atoms in total. The van der Waals surface area contributed by atoms with Crippen LogP contribution in [-0.2, 0) is 17.1 Å². The predicted molar refractivity (Wildman–Crippen MR) is 86.9 cm³/mol. The third kappa shape index (κ3) is 5.21. The number of amides is 1. The van der Waals surface area contributed by atoms with Crippen LogP contribution < -0.4 is 0 Å². The SMILES string of the molecule is CN(C)CCN1CCN(C(=O)Cc2nc(CCl)cs2)CC1. The van der Waals surface area contributed by atoms with Crippen molar-refractivity contribution in [3.8, 4) is 0 Å². The molecule has 118 valence electrons. The fourth-order valence-electron chi connectivity index (χ4n) is 2.29. The van der Waals surface area contributed by atoms with Crippen LogP contribution in [0.15, 0.2) is 5.38 Å². The van der Waals surface area contributed by atoms with E-state index in [4.69, 9.17) is 11.6 Å². The molecule has 0 N–H and O–H groups in total. The fourth-order valence-corrected chi connectivity index (χ4v) is 3.31. The Hall–Kier alpha value is -0.690. The van der Waals surface area contributed by atoms with Crippen molar-refractivity contribution in [2.24, 2.45) is 0 Å². The van der Waals surface area contributed by atoms with E-state index in [0.29, 0.717) is 12.3 Å². The third-order valence-electron chi connectivity index (χ3n) is 3.63. The van der Waals surface area contributed by atoms with Gasteiger partial charge in [-0.25, -0.2) is 4.98 Å². The maximum absolute atomic E-state index is 12.3. The molecule has 0 unspecified atom stereocenters. The first-order valence-corrected chi connectivity index (χ1v) is 8.64. The molecular formula is C14H23ClN4OS. The van der Waals surface area contributed by atoms with Gasteiger partial charge in [-0.05, 0) is 14.1 Å². The van der Waals surface area contributed by atoms with Crippen LogP contribution >= 0.6 is 22.9 Å². The zero-order valence-electron chi connectivity index (χ0n) is 12.7. The van der Waals surface area contributed by atoms with Gasteiger partial charge in [-0.1, -0.05) is 0 Å². The average molecular weight is 331 g/mol. The summed E-state index contributed by atoms with van der Waals surface area (Å²) in [7, 11) is 4.17. The van der Waals surface area contributed by atoms with Crippen LogP contribution in [0, 0.1) is 0 Å². The van der Waals surface area contributed by atoms with Gasteiger partial charge in [0.15, 0.2) is 0 Å². The first kappa shape index (κ1) is 16.7. The summed E-state index contributed by atoms with van der Waals surface area (Å²) in [5, 5.41) is 2.79. The normalized spacial score (nSPS) is 16.7.